The molecule has 3 nitrogen and oxygen atoms in total. The number of rotatable bonds is 2. The minimum atomic E-state index is -0.360. The van der Waals surface area contributed by atoms with Crippen molar-refractivity contribution in [2.45, 2.75) is 0 Å². The van der Waals surface area contributed by atoms with Crippen LogP contribution in [0.1, 0.15) is 0 Å². The molecule has 0 heterocycles. The number of hydrogen-bond donors (Lipinski definition) is 0. The monoisotopic (exact) mass is 276 g/mol. The molecule has 0 saturated heterocycles. The van der Waals surface area contributed by atoms with Crippen molar-refractivity contribution in [2.24, 2.45) is 0 Å². The lowest BCUT2D eigenvalue weighted by atomic mass is 10.3. The Bertz CT molecular complexity index is 543. The number of anilines is 2. The number of benzene rings is 2. The molecule has 0 spiro atoms. The van der Waals surface area contributed by atoms with E-state index in [1.54, 1.807) is 14.1 Å². The summed E-state index contributed by atoms with van der Waals surface area (Å²) in [7, 11) is 3.19. The molecule has 0 aromatic heterocycles. The molecule has 0 aliphatic heterocycles. The number of carbonyl (C=O) groups excluding carboxylic acids is 1. The second-order valence-corrected chi connectivity index (χ2v) is 4.35. The van der Waals surface area contributed by atoms with E-state index in [1.165, 1.54) is 58.3 Å². The summed E-state index contributed by atoms with van der Waals surface area (Å²) in [5, 5.41) is 0. The van der Waals surface area contributed by atoms with Crippen molar-refractivity contribution in [3.05, 3.63) is 60.2 Å². The van der Waals surface area contributed by atoms with Gasteiger partial charge in [0, 0.05) is 25.5 Å². The lowest BCUT2D eigenvalue weighted by Crippen LogP contribution is -2.38. The van der Waals surface area contributed by atoms with Crippen LogP contribution in [0.5, 0.6) is 0 Å². The highest BCUT2D eigenvalue weighted by Crippen LogP contribution is 2.18. The van der Waals surface area contributed by atoms with E-state index in [0.717, 1.165) is 0 Å². The summed E-state index contributed by atoms with van der Waals surface area (Å²) >= 11 is 0. The molecule has 0 saturated carbocycles. The molecule has 2 aromatic carbocycles. The SMILES string of the molecule is CN(C(=O)N(C)c1ccc(F)cc1)c1ccc(F)cc1. The predicted molar refractivity (Wildman–Crippen MR) is 75.0 cm³/mol. The molecule has 2 amide bonds. The minimum absolute atomic E-state index is 0.303. The number of hydrogen-bond acceptors (Lipinski definition) is 1. The average Bonchev–Trinajstić information content (AvgIpc) is 2.46. The summed E-state index contributed by atoms with van der Waals surface area (Å²) in [6, 6.07) is 10.9. The van der Waals surface area contributed by atoms with Crippen LogP contribution in [0.25, 0.3) is 0 Å². The third-order valence-electron chi connectivity index (χ3n) is 3.00. The Balaban J connectivity index is 2.17. The average molecular weight is 276 g/mol. The van der Waals surface area contributed by atoms with Crippen molar-refractivity contribution in [3.63, 3.8) is 0 Å². The summed E-state index contributed by atoms with van der Waals surface area (Å²) in [6.07, 6.45) is 0. The number of carbonyl (C=O) groups is 1. The summed E-state index contributed by atoms with van der Waals surface area (Å²) < 4.78 is 25.7. The van der Waals surface area contributed by atoms with E-state index in [0.29, 0.717) is 11.4 Å². The molecular formula is C15H14F2N2O. The maximum Gasteiger partial charge on any atom is 0.328 e. The van der Waals surface area contributed by atoms with Gasteiger partial charge >= 0.3 is 6.03 Å². The van der Waals surface area contributed by atoms with Crippen LogP contribution in [-0.4, -0.2) is 20.1 Å². The van der Waals surface area contributed by atoms with Crippen molar-refractivity contribution >= 4 is 17.4 Å². The largest absolute Gasteiger partial charge is 0.328 e. The van der Waals surface area contributed by atoms with Gasteiger partial charge in [0.1, 0.15) is 11.6 Å². The molecule has 2 aromatic rings. The fourth-order valence-electron chi connectivity index (χ4n) is 1.78. The van der Waals surface area contributed by atoms with Gasteiger partial charge < -0.3 is 0 Å². The predicted octanol–water partition coefficient (Wildman–Crippen LogP) is 3.66. The van der Waals surface area contributed by atoms with Gasteiger partial charge in [0.05, 0.1) is 0 Å². The van der Waals surface area contributed by atoms with E-state index in [2.05, 4.69) is 0 Å². The molecule has 2 rings (SSSR count). The fourth-order valence-corrected chi connectivity index (χ4v) is 1.78. The first-order valence-electron chi connectivity index (χ1n) is 6.01. The van der Waals surface area contributed by atoms with Crippen LogP contribution in [0, 0.1) is 11.6 Å². The third kappa shape index (κ3) is 2.93. The van der Waals surface area contributed by atoms with Crippen molar-refractivity contribution in [3.8, 4) is 0 Å². The standard InChI is InChI=1S/C15H14F2N2O/c1-18(13-7-3-11(16)4-8-13)15(20)19(2)14-9-5-12(17)6-10-14/h3-10H,1-2H3. The Morgan fingerprint density at radius 3 is 1.35 bits per heavy atom. The fraction of sp³-hybridized carbons (Fsp3) is 0.133. The number of nitrogens with zero attached hydrogens (tertiary/aromatic N) is 2. The molecule has 0 atom stereocenters. The van der Waals surface area contributed by atoms with Crippen LogP contribution in [-0.2, 0) is 0 Å². The molecule has 5 heteroatoms. The molecule has 0 N–H and O–H groups in total. The molecule has 104 valence electrons. The molecule has 20 heavy (non-hydrogen) atoms. The Labute approximate surface area is 116 Å². The summed E-state index contributed by atoms with van der Waals surface area (Å²) in [4.78, 5) is 15.1. The molecule has 0 aliphatic rings. The first-order valence-corrected chi connectivity index (χ1v) is 6.01. The maximum absolute atomic E-state index is 12.9. The zero-order valence-corrected chi connectivity index (χ0v) is 11.2. The Hall–Kier alpha value is -2.43. The van der Waals surface area contributed by atoms with E-state index in [-0.39, 0.29) is 17.7 Å². The normalized spacial score (nSPS) is 10.2. The number of urea groups is 1. The van der Waals surface area contributed by atoms with Gasteiger partial charge in [0.2, 0.25) is 0 Å². The van der Waals surface area contributed by atoms with Gasteiger partial charge in [-0.1, -0.05) is 0 Å². The van der Waals surface area contributed by atoms with E-state index >= 15 is 0 Å². The zero-order valence-electron chi connectivity index (χ0n) is 11.2. The lowest BCUT2D eigenvalue weighted by molar-refractivity contribution is 0.253. The second kappa shape index (κ2) is 5.69. The van der Waals surface area contributed by atoms with Gasteiger partial charge in [-0.25, -0.2) is 13.6 Å². The molecular weight excluding hydrogens is 262 g/mol. The molecule has 0 unspecified atom stereocenters. The van der Waals surface area contributed by atoms with Crippen LogP contribution in [0.3, 0.4) is 0 Å². The van der Waals surface area contributed by atoms with Gasteiger partial charge in [-0.2, -0.15) is 0 Å². The Kier molecular flexibility index (Phi) is 3.98. The van der Waals surface area contributed by atoms with Crippen LogP contribution < -0.4 is 9.80 Å². The summed E-state index contributed by atoms with van der Waals surface area (Å²) in [5.41, 5.74) is 1.15. The first kappa shape index (κ1) is 14.0. The van der Waals surface area contributed by atoms with Crippen molar-refractivity contribution < 1.29 is 13.6 Å². The summed E-state index contributed by atoms with van der Waals surface area (Å²) in [6.45, 7) is 0. The topological polar surface area (TPSA) is 23.6 Å². The molecule has 0 aliphatic carbocycles. The van der Waals surface area contributed by atoms with Crippen molar-refractivity contribution in [1.29, 1.82) is 0 Å². The first-order chi connectivity index (χ1) is 9.49. The Morgan fingerprint density at radius 2 is 1.05 bits per heavy atom. The third-order valence-corrected chi connectivity index (χ3v) is 3.00. The molecule has 0 radical (unpaired) electrons. The van der Waals surface area contributed by atoms with Crippen LogP contribution in [0.2, 0.25) is 0 Å². The van der Waals surface area contributed by atoms with Crippen LogP contribution in [0.4, 0.5) is 25.0 Å². The van der Waals surface area contributed by atoms with E-state index in [9.17, 15) is 13.6 Å². The maximum atomic E-state index is 12.9. The van der Waals surface area contributed by atoms with Crippen molar-refractivity contribution in [1.82, 2.24) is 0 Å². The van der Waals surface area contributed by atoms with Crippen LogP contribution >= 0.6 is 0 Å². The van der Waals surface area contributed by atoms with Gasteiger partial charge in [0.25, 0.3) is 0 Å². The highest BCUT2D eigenvalue weighted by atomic mass is 19.1. The van der Waals surface area contributed by atoms with Crippen molar-refractivity contribution in [2.75, 3.05) is 23.9 Å². The summed E-state index contributed by atoms with van der Waals surface area (Å²) in [5.74, 6) is -0.719. The smallest absolute Gasteiger partial charge is 0.297 e. The van der Waals surface area contributed by atoms with Gasteiger partial charge in [-0.3, -0.25) is 9.80 Å². The van der Waals surface area contributed by atoms with E-state index in [1.807, 2.05) is 0 Å². The zero-order chi connectivity index (χ0) is 14.7. The number of halogens is 2. The van der Waals surface area contributed by atoms with Gasteiger partial charge in [-0.05, 0) is 48.5 Å². The Morgan fingerprint density at radius 1 is 0.750 bits per heavy atom. The van der Waals surface area contributed by atoms with E-state index in [4.69, 9.17) is 0 Å². The van der Waals surface area contributed by atoms with Crippen LogP contribution in [0.15, 0.2) is 48.5 Å². The second-order valence-electron chi connectivity index (χ2n) is 4.35. The molecule has 0 bridgehead atoms. The highest BCUT2D eigenvalue weighted by molar-refractivity contribution is 6.02. The number of amides is 2. The quantitative estimate of drug-likeness (QED) is 0.821. The van der Waals surface area contributed by atoms with E-state index < -0.39 is 0 Å². The van der Waals surface area contributed by atoms with Gasteiger partial charge in [-0.15, -0.1) is 0 Å². The van der Waals surface area contributed by atoms with Gasteiger partial charge in [0.15, 0.2) is 0 Å². The lowest BCUT2D eigenvalue weighted by Gasteiger charge is -2.25. The molecule has 0 fully saturated rings. The highest BCUT2D eigenvalue weighted by Gasteiger charge is 2.17. The minimum Gasteiger partial charge on any atom is -0.297 e.